The first-order valence-electron chi connectivity index (χ1n) is 7.61. The molecule has 0 aromatic heterocycles. The lowest BCUT2D eigenvalue weighted by Crippen LogP contribution is -2.42. The van der Waals surface area contributed by atoms with Crippen LogP contribution in [0.3, 0.4) is 0 Å². The number of morpholine rings is 1. The van der Waals surface area contributed by atoms with Crippen LogP contribution in [0, 0.1) is 11.8 Å². The van der Waals surface area contributed by atoms with Crippen molar-refractivity contribution in [3.63, 3.8) is 0 Å². The zero-order valence-electron chi connectivity index (χ0n) is 11.4. The van der Waals surface area contributed by atoms with Crippen molar-refractivity contribution < 1.29 is 4.74 Å². The molecule has 4 heteroatoms. The molecule has 3 atom stereocenters. The molecule has 1 aliphatic carbocycles. The van der Waals surface area contributed by atoms with Crippen molar-refractivity contribution in [3.8, 4) is 0 Å². The van der Waals surface area contributed by atoms with E-state index in [0.717, 1.165) is 50.7 Å². The maximum Gasteiger partial charge on any atom is 0.0594 e. The average molecular weight is 253 g/mol. The van der Waals surface area contributed by atoms with Crippen molar-refractivity contribution in [2.75, 3.05) is 52.5 Å². The van der Waals surface area contributed by atoms with Gasteiger partial charge in [-0.05, 0) is 37.6 Å². The molecule has 3 rings (SSSR count). The van der Waals surface area contributed by atoms with Gasteiger partial charge in [-0.25, -0.2) is 0 Å². The summed E-state index contributed by atoms with van der Waals surface area (Å²) in [6.45, 7) is 8.74. The van der Waals surface area contributed by atoms with Crippen LogP contribution in [-0.4, -0.2) is 68.3 Å². The summed E-state index contributed by atoms with van der Waals surface area (Å²) >= 11 is 0. The van der Waals surface area contributed by atoms with E-state index in [0.29, 0.717) is 0 Å². The summed E-state index contributed by atoms with van der Waals surface area (Å²) in [5.74, 6) is 1.69. The quantitative estimate of drug-likeness (QED) is 0.786. The van der Waals surface area contributed by atoms with E-state index in [2.05, 4.69) is 9.80 Å². The summed E-state index contributed by atoms with van der Waals surface area (Å²) in [6.07, 6.45) is 4.15. The second kappa shape index (κ2) is 5.87. The van der Waals surface area contributed by atoms with Gasteiger partial charge in [0.15, 0.2) is 0 Å². The van der Waals surface area contributed by atoms with Crippen molar-refractivity contribution in [2.45, 2.75) is 25.3 Å². The van der Waals surface area contributed by atoms with Gasteiger partial charge in [0, 0.05) is 38.8 Å². The Bertz CT molecular complexity index is 268. The minimum atomic E-state index is 0.801. The lowest BCUT2D eigenvalue weighted by molar-refractivity contribution is 0.0326. The molecule has 104 valence electrons. The summed E-state index contributed by atoms with van der Waals surface area (Å²) in [5.41, 5.74) is 5.88. The Morgan fingerprint density at radius 3 is 2.72 bits per heavy atom. The van der Waals surface area contributed by atoms with Crippen LogP contribution in [0.25, 0.3) is 0 Å². The van der Waals surface area contributed by atoms with Crippen LogP contribution >= 0.6 is 0 Å². The van der Waals surface area contributed by atoms with Crippen LogP contribution in [0.5, 0.6) is 0 Å². The molecule has 3 unspecified atom stereocenters. The number of fused-ring (bicyclic) bond motifs is 2. The molecule has 0 spiro atoms. The number of hydrogen-bond donors (Lipinski definition) is 1. The van der Waals surface area contributed by atoms with E-state index in [1.807, 2.05) is 0 Å². The third-order valence-electron chi connectivity index (χ3n) is 5.21. The van der Waals surface area contributed by atoms with Crippen molar-refractivity contribution in [1.82, 2.24) is 9.80 Å². The van der Waals surface area contributed by atoms with Crippen LogP contribution in [0.2, 0.25) is 0 Å². The van der Waals surface area contributed by atoms with E-state index in [1.54, 1.807) is 0 Å². The monoisotopic (exact) mass is 253 g/mol. The van der Waals surface area contributed by atoms with Crippen molar-refractivity contribution >= 4 is 0 Å². The molecular formula is C14H27N3O. The zero-order valence-corrected chi connectivity index (χ0v) is 11.4. The van der Waals surface area contributed by atoms with Crippen LogP contribution in [0.15, 0.2) is 0 Å². The molecule has 4 nitrogen and oxygen atoms in total. The SMILES string of the molecule is NCC1CCC2CC1CN2CCN1CCOCC1. The Balaban J connectivity index is 1.46. The number of rotatable bonds is 4. The number of ether oxygens (including phenoxy) is 1. The third-order valence-corrected chi connectivity index (χ3v) is 5.21. The molecule has 2 saturated heterocycles. The lowest BCUT2D eigenvalue weighted by Gasteiger charge is -2.31. The fraction of sp³-hybridized carbons (Fsp3) is 1.00. The standard InChI is InChI=1S/C14H27N3O/c15-10-12-1-2-14-9-13(12)11-17(14)4-3-16-5-7-18-8-6-16/h12-14H,1-11,15H2. The van der Waals surface area contributed by atoms with Crippen LogP contribution in [0.4, 0.5) is 0 Å². The maximum absolute atomic E-state index is 5.88. The van der Waals surface area contributed by atoms with Gasteiger partial charge < -0.3 is 10.5 Å². The maximum atomic E-state index is 5.88. The number of nitrogens with two attached hydrogens (primary N) is 1. The van der Waals surface area contributed by atoms with Gasteiger partial charge in [-0.3, -0.25) is 9.80 Å². The Hall–Kier alpha value is -0.160. The first-order chi connectivity index (χ1) is 8.86. The highest BCUT2D eigenvalue weighted by atomic mass is 16.5. The fourth-order valence-electron chi connectivity index (χ4n) is 3.99. The summed E-state index contributed by atoms with van der Waals surface area (Å²) in [5, 5.41) is 0. The second-order valence-corrected chi connectivity index (χ2v) is 6.17. The van der Waals surface area contributed by atoms with Crippen LogP contribution < -0.4 is 5.73 Å². The van der Waals surface area contributed by atoms with Crippen molar-refractivity contribution in [2.24, 2.45) is 17.6 Å². The van der Waals surface area contributed by atoms with Crippen molar-refractivity contribution in [1.29, 1.82) is 0 Å². The minimum absolute atomic E-state index is 0.801. The predicted molar refractivity (Wildman–Crippen MR) is 72.5 cm³/mol. The van der Waals surface area contributed by atoms with Gasteiger partial charge in [0.25, 0.3) is 0 Å². The molecule has 2 aliphatic heterocycles. The molecule has 2 heterocycles. The van der Waals surface area contributed by atoms with Crippen molar-refractivity contribution in [3.05, 3.63) is 0 Å². The van der Waals surface area contributed by atoms with Crippen LogP contribution in [0.1, 0.15) is 19.3 Å². The normalized spacial score (nSPS) is 38.2. The molecule has 0 aromatic rings. The molecule has 18 heavy (non-hydrogen) atoms. The van der Waals surface area contributed by atoms with E-state index in [1.165, 1.54) is 38.9 Å². The molecule has 3 aliphatic rings. The van der Waals surface area contributed by atoms with E-state index in [9.17, 15) is 0 Å². The minimum Gasteiger partial charge on any atom is -0.379 e. The Kier molecular flexibility index (Phi) is 4.19. The van der Waals surface area contributed by atoms with Gasteiger partial charge >= 0.3 is 0 Å². The van der Waals surface area contributed by atoms with Gasteiger partial charge in [0.1, 0.15) is 0 Å². The third kappa shape index (κ3) is 2.72. The summed E-state index contributed by atoms with van der Waals surface area (Å²) in [7, 11) is 0. The lowest BCUT2D eigenvalue weighted by atomic mass is 9.80. The second-order valence-electron chi connectivity index (χ2n) is 6.17. The van der Waals surface area contributed by atoms with Crippen LogP contribution in [-0.2, 0) is 4.74 Å². The van der Waals surface area contributed by atoms with Gasteiger partial charge in [-0.15, -0.1) is 0 Å². The Labute approximate surface area is 110 Å². The summed E-state index contributed by atoms with van der Waals surface area (Å²) < 4.78 is 5.40. The van der Waals surface area contributed by atoms with Gasteiger partial charge in [0.2, 0.25) is 0 Å². The molecular weight excluding hydrogens is 226 g/mol. The highest BCUT2D eigenvalue weighted by molar-refractivity contribution is 4.94. The van der Waals surface area contributed by atoms with E-state index >= 15 is 0 Å². The smallest absolute Gasteiger partial charge is 0.0594 e. The highest BCUT2D eigenvalue weighted by Crippen LogP contribution is 2.38. The van der Waals surface area contributed by atoms with Gasteiger partial charge in [0.05, 0.1) is 13.2 Å². The zero-order chi connectivity index (χ0) is 12.4. The Morgan fingerprint density at radius 2 is 1.94 bits per heavy atom. The van der Waals surface area contributed by atoms with Gasteiger partial charge in [-0.2, -0.15) is 0 Å². The largest absolute Gasteiger partial charge is 0.379 e. The fourth-order valence-corrected chi connectivity index (χ4v) is 3.99. The molecule has 3 fully saturated rings. The topological polar surface area (TPSA) is 41.7 Å². The number of likely N-dealkylation sites (tertiary alicyclic amines) is 1. The average Bonchev–Trinajstić information content (AvgIpc) is 2.75. The summed E-state index contributed by atoms with van der Waals surface area (Å²) in [6, 6.07) is 0.860. The first kappa shape index (κ1) is 12.9. The number of nitrogens with zero attached hydrogens (tertiary/aromatic N) is 2. The van der Waals surface area contributed by atoms with E-state index < -0.39 is 0 Å². The highest BCUT2D eigenvalue weighted by Gasteiger charge is 2.39. The molecule has 0 radical (unpaired) electrons. The summed E-state index contributed by atoms with van der Waals surface area (Å²) in [4.78, 5) is 5.28. The molecule has 2 N–H and O–H groups in total. The van der Waals surface area contributed by atoms with E-state index in [4.69, 9.17) is 10.5 Å². The molecule has 2 bridgehead atoms. The molecule has 1 saturated carbocycles. The van der Waals surface area contributed by atoms with E-state index in [-0.39, 0.29) is 0 Å². The Morgan fingerprint density at radius 1 is 1.11 bits per heavy atom. The molecule has 0 amide bonds. The first-order valence-corrected chi connectivity index (χ1v) is 7.61. The molecule has 0 aromatic carbocycles. The van der Waals surface area contributed by atoms with Gasteiger partial charge in [-0.1, -0.05) is 0 Å². The number of hydrogen-bond acceptors (Lipinski definition) is 4. The predicted octanol–water partition coefficient (Wildman–Crippen LogP) is 0.378.